The van der Waals surface area contributed by atoms with Crippen molar-refractivity contribution in [3.63, 3.8) is 0 Å². The lowest BCUT2D eigenvalue weighted by molar-refractivity contribution is -0.00000372. The Bertz CT molecular complexity index is 412. The van der Waals surface area contributed by atoms with Gasteiger partial charge in [-0.3, -0.25) is 0 Å². The van der Waals surface area contributed by atoms with Gasteiger partial charge in [-0.1, -0.05) is 0 Å². The minimum Gasteiger partial charge on any atom is -1.00 e. The maximum absolute atomic E-state index is 5.90. The average molecular weight is 327 g/mol. The van der Waals surface area contributed by atoms with Crippen LogP contribution in [0.5, 0.6) is 0 Å². The predicted octanol–water partition coefficient (Wildman–Crippen LogP) is -1.08. The van der Waals surface area contributed by atoms with Crippen molar-refractivity contribution in [2.45, 2.75) is 6.42 Å². The van der Waals surface area contributed by atoms with Crippen molar-refractivity contribution < 1.29 is 12.4 Å². The van der Waals surface area contributed by atoms with Crippen molar-refractivity contribution in [1.29, 1.82) is 0 Å². The van der Waals surface area contributed by atoms with Crippen LogP contribution in [0.1, 0.15) is 5.56 Å². The van der Waals surface area contributed by atoms with E-state index in [0.29, 0.717) is 0 Å². The van der Waals surface area contributed by atoms with E-state index < -0.39 is 0 Å². The number of benzene rings is 1. The van der Waals surface area contributed by atoms with Gasteiger partial charge < -0.3 is 33.7 Å². The van der Waals surface area contributed by atoms with Gasteiger partial charge in [0.2, 0.25) is 0 Å². The van der Waals surface area contributed by atoms with E-state index in [4.69, 9.17) is 11.5 Å². The van der Waals surface area contributed by atoms with Gasteiger partial charge in [0, 0.05) is 37.4 Å². The Morgan fingerprint density at radius 3 is 2.42 bits per heavy atom. The first-order valence-electron chi connectivity index (χ1n) is 5.41. The molecule has 0 unspecified atom stereocenters. The zero-order valence-electron chi connectivity index (χ0n) is 10.8. The highest BCUT2D eigenvalue weighted by atomic mass is 35.5. The highest BCUT2D eigenvalue weighted by molar-refractivity contribution is 5.85. The standard InChI is InChI=1S/C12H18N4.3ClH/c1-15-6-7-16(9-15)5-4-10-8-11(13)2-3-12(10)14;;;/h2-3,6-8H,4-5,9,13-14H2,1H3;3*1H/p-1. The van der Waals surface area contributed by atoms with E-state index in [1.807, 2.05) is 18.2 Å². The van der Waals surface area contributed by atoms with Crippen LogP contribution in [-0.4, -0.2) is 30.1 Å². The molecule has 1 aromatic rings. The summed E-state index contributed by atoms with van der Waals surface area (Å²) < 4.78 is 0. The largest absolute Gasteiger partial charge is 1.00 e. The first-order chi connectivity index (χ1) is 7.65. The third-order valence-electron chi connectivity index (χ3n) is 2.77. The fourth-order valence-electron chi connectivity index (χ4n) is 1.84. The summed E-state index contributed by atoms with van der Waals surface area (Å²) in [5.74, 6) is 0. The minimum absolute atomic E-state index is 0. The summed E-state index contributed by atoms with van der Waals surface area (Å²) in [4.78, 5) is 4.39. The van der Waals surface area contributed by atoms with Gasteiger partial charge in [0.25, 0.3) is 0 Å². The van der Waals surface area contributed by atoms with Crippen molar-refractivity contribution in [3.8, 4) is 0 Å². The SMILES string of the molecule is CN1C=CN(CCc2cc(N)ccc2N)C1.Cl.Cl.[Cl-]. The molecule has 0 spiro atoms. The first kappa shape index (κ1) is 20.3. The highest BCUT2D eigenvalue weighted by Gasteiger charge is 2.08. The van der Waals surface area contributed by atoms with Crippen LogP contribution in [0.4, 0.5) is 11.4 Å². The fourth-order valence-corrected chi connectivity index (χ4v) is 1.84. The van der Waals surface area contributed by atoms with Gasteiger partial charge in [-0.2, -0.15) is 0 Å². The number of hydrogen-bond donors (Lipinski definition) is 2. The number of halogens is 3. The topological polar surface area (TPSA) is 58.5 Å². The monoisotopic (exact) mass is 325 g/mol. The molecule has 0 saturated heterocycles. The highest BCUT2D eigenvalue weighted by Crippen LogP contribution is 2.17. The zero-order valence-corrected chi connectivity index (χ0v) is 13.1. The molecule has 7 heteroatoms. The van der Waals surface area contributed by atoms with Gasteiger partial charge in [-0.25, -0.2) is 0 Å². The van der Waals surface area contributed by atoms with Gasteiger partial charge in [0.15, 0.2) is 0 Å². The van der Waals surface area contributed by atoms with Gasteiger partial charge >= 0.3 is 0 Å². The zero-order chi connectivity index (χ0) is 11.5. The molecule has 0 radical (unpaired) electrons. The summed E-state index contributed by atoms with van der Waals surface area (Å²) >= 11 is 0. The molecule has 2 rings (SSSR count). The molecule has 0 saturated carbocycles. The van der Waals surface area contributed by atoms with Crippen molar-refractivity contribution in [2.24, 2.45) is 0 Å². The molecule has 0 aliphatic carbocycles. The lowest BCUT2D eigenvalue weighted by Crippen LogP contribution is -3.00. The molecule has 4 nitrogen and oxygen atoms in total. The summed E-state index contributed by atoms with van der Waals surface area (Å²) in [6.07, 6.45) is 5.10. The van der Waals surface area contributed by atoms with E-state index in [9.17, 15) is 0 Å². The molecule has 0 bridgehead atoms. The third-order valence-corrected chi connectivity index (χ3v) is 2.77. The molecule has 4 N–H and O–H groups in total. The maximum atomic E-state index is 5.90. The second kappa shape index (κ2) is 9.02. The van der Waals surface area contributed by atoms with Crippen molar-refractivity contribution in [3.05, 3.63) is 36.2 Å². The molecular formula is C12H20Cl3N4-. The number of anilines is 2. The fraction of sp³-hybridized carbons (Fsp3) is 0.333. The molecular weight excluding hydrogens is 307 g/mol. The molecule has 0 atom stereocenters. The van der Waals surface area contributed by atoms with E-state index >= 15 is 0 Å². The Morgan fingerprint density at radius 2 is 1.84 bits per heavy atom. The minimum atomic E-state index is 0. The predicted molar refractivity (Wildman–Crippen MR) is 81.9 cm³/mol. The summed E-state index contributed by atoms with van der Waals surface area (Å²) in [6, 6.07) is 5.66. The Hall–Kier alpha value is -0.970. The van der Waals surface area contributed by atoms with Gasteiger partial charge in [0.05, 0.1) is 6.67 Å². The maximum Gasteiger partial charge on any atom is 0.0890 e. The van der Waals surface area contributed by atoms with E-state index in [0.717, 1.165) is 36.6 Å². The Balaban J connectivity index is 0. The van der Waals surface area contributed by atoms with Crippen molar-refractivity contribution in [1.82, 2.24) is 9.80 Å². The van der Waals surface area contributed by atoms with Gasteiger partial charge in [-0.05, 0) is 30.2 Å². The van der Waals surface area contributed by atoms with Gasteiger partial charge in [-0.15, -0.1) is 24.8 Å². The normalized spacial score (nSPS) is 12.5. The first-order valence-corrected chi connectivity index (χ1v) is 5.41. The molecule has 1 aliphatic heterocycles. The molecule has 0 aromatic heterocycles. The van der Waals surface area contributed by atoms with E-state index in [1.165, 1.54) is 0 Å². The summed E-state index contributed by atoms with van der Waals surface area (Å²) in [5, 5.41) is 0. The second-order valence-electron chi connectivity index (χ2n) is 4.22. The Morgan fingerprint density at radius 1 is 1.16 bits per heavy atom. The van der Waals surface area contributed by atoms with E-state index in [1.54, 1.807) is 0 Å². The molecule has 0 amide bonds. The summed E-state index contributed by atoms with van der Waals surface area (Å²) in [6.45, 7) is 1.91. The molecule has 110 valence electrons. The summed E-state index contributed by atoms with van der Waals surface area (Å²) in [7, 11) is 2.06. The average Bonchev–Trinajstić information content (AvgIpc) is 2.66. The molecule has 1 aliphatic rings. The second-order valence-corrected chi connectivity index (χ2v) is 4.22. The van der Waals surface area contributed by atoms with Crippen LogP contribution in [0, 0.1) is 0 Å². The van der Waals surface area contributed by atoms with Crippen LogP contribution in [-0.2, 0) is 6.42 Å². The third kappa shape index (κ3) is 5.68. The Labute approximate surface area is 133 Å². The number of nitrogens with two attached hydrogens (primary N) is 2. The number of nitrogens with zero attached hydrogens (tertiary/aromatic N) is 2. The smallest absolute Gasteiger partial charge is 0.0890 e. The quantitative estimate of drug-likeness (QED) is 0.694. The van der Waals surface area contributed by atoms with E-state index in [2.05, 4.69) is 29.2 Å². The van der Waals surface area contributed by atoms with Crippen LogP contribution < -0.4 is 23.9 Å². The lowest BCUT2D eigenvalue weighted by Gasteiger charge is -2.18. The Kier molecular flexibility index (Phi) is 9.66. The molecule has 1 aromatic carbocycles. The lowest BCUT2D eigenvalue weighted by atomic mass is 10.1. The van der Waals surface area contributed by atoms with Crippen molar-refractivity contribution >= 4 is 36.2 Å². The number of rotatable bonds is 3. The van der Waals surface area contributed by atoms with E-state index in [-0.39, 0.29) is 37.2 Å². The number of nitrogen functional groups attached to an aromatic ring is 2. The number of hydrogen-bond acceptors (Lipinski definition) is 4. The van der Waals surface area contributed by atoms with Crippen LogP contribution in [0.25, 0.3) is 0 Å². The van der Waals surface area contributed by atoms with Crippen LogP contribution in [0.2, 0.25) is 0 Å². The van der Waals surface area contributed by atoms with Gasteiger partial charge in [0.1, 0.15) is 0 Å². The summed E-state index contributed by atoms with van der Waals surface area (Å²) in [5.41, 5.74) is 14.4. The van der Waals surface area contributed by atoms with Crippen LogP contribution in [0.3, 0.4) is 0 Å². The molecule has 0 fully saturated rings. The van der Waals surface area contributed by atoms with Crippen molar-refractivity contribution in [2.75, 3.05) is 31.7 Å². The molecule has 19 heavy (non-hydrogen) atoms. The van der Waals surface area contributed by atoms with Crippen LogP contribution in [0.15, 0.2) is 30.6 Å². The molecule has 1 heterocycles. The van der Waals surface area contributed by atoms with Crippen LogP contribution >= 0.6 is 24.8 Å².